The molecule has 7 rings (SSSR count). The van der Waals surface area contributed by atoms with E-state index in [4.69, 9.17) is 26.7 Å². The average Bonchev–Trinajstić information content (AvgIpc) is 3.54. The molecule has 44 heavy (non-hydrogen) atoms. The summed E-state index contributed by atoms with van der Waals surface area (Å²) in [6, 6.07) is 14.0. The van der Waals surface area contributed by atoms with E-state index in [1.165, 1.54) is 11.3 Å². The van der Waals surface area contributed by atoms with Gasteiger partial charge in [0.25, 0.3) is 0 Å². The van der Waals surface area contributed by atoms with Crippen molar-refractivity contribution >= 4 is 56.1 Å². The molecule has 1 N–H and O–H groups in total. The van der Waals surface area contributed by atoms with E-state index in [-0.39, 0.29) is 12.3 Å². The predicted octanol–water partition coefficient (Wildman–Crippen LogP) is 5.91. The van der Waals surface area contributed by atoms with Crippen LogP contribution in [0.4, 0.5) is 0 Å². The van der Waals surface area contributed by atoms with Gasteiger partial charge >= 0.3 is 5.97 Å². The fraction of sp³-hybridized carbons (Fsp3) is 0.364. The number of hydrogen-bond donors (Lipinski definition) is 1. The number of nitrogens with zero attached hydrogens (tertiary/aromatic N) is 6. The molecule has 2 aliphatic rings. The normalized spacial score (nSPS) is 16.6. The number of halogens is 1. The molecule has 0 atom stereocenters. The fourth-order valence-electron chi connectivity index (χ4n) is 6.69. The van der Waals surface area contributed by atoms with Crippen molar-refractivity contribution in [3.63, 3.8) is 0 Å². The lowest BCUT2D eigenvalue weighted by Gasteiger charge is -2.47. The third-order valence-corrected chi connectivity index (χ3v) is 10.5. The third-order valence-electron chi connectivity index (χ3n) is 9.15. The van der Waals surface area contributed by atoms with Crippen LogP contribution in [0.2, 0.25) is 5.02 Å². The summed E-state index contributed by atoms with van der Waals surface area (Å²) in [5, 5.41) is 16.1. The van der Waals surface area contributed by atoms with Crippen molar-refractivity contribution in [3.8, 4) is 21.8 Å². The zero-order chi connectivity index (χ0) is 30.7. The van der Waals surface area contributed by atoms with Crippen LogP contribution in [0.3, 0.4) is 0 Å². The summed E-state index contributed by atoms with van der Waals surface area (Å²) < 4.78 is 2.85. The Morgan fingerprint density at radius 1 is 1.07 bits per heavy atom. The van der Waals surface area contributed by atoms with Gasteiger partial charge in [-0.25, -0.2) is 9.97 Å². The second-order valence-electron chi connectivity index (χ2n) is 12.0. The number of carbonyl (C=O) groups is 2. The Hall–Kier alpha value is -3.86. The minimum absolute atomic E-state index is 0.0786. The smallest absolute Gasteiger partial charge is 0.307 e. The lowest BCUT2D eigenvalue weighted by atomic mass is 9.91. The highest BCUT2D eigenvalue weighted by atomic mass is 35.5. The summed E-state index contributed by atoms with van der Waals surface area (Å²) in [7, 11) is 1.97. The summed E-state index contributed by atoms with van der Waals surface area (Å²) in [5.74, 6) is -0.405. The van der Waals surface area contributed by atoms with Crippen molar-refractivity contribution in [2.75, 3.05) is 26.2 Å². The molecule has 0 unspecified atom stereocenters. The SMILES string of the molecule is CC(=O)N1CC(N2CCC(c3nn(C)c4ccc(-c5nc6cc(C)c(CC(=O)O)c(-c7ccc(Cl)cc7)c6s5)nc34)CC2)C1. The number of pyridine rings is 1. The quantitative estimate of drug-likeness (QED) is 0.249. The fourth-order valence-corrected chi connectivity index (χ4v) is 7.92. The van der Waals surface area contributed by atoms with Gasteiger partial charge in [0.1, 0.15) is 10.5 Å². The van der Waals surface area contributed by atoms with E-state index >= 15 is 0 Å². The molecular formula is C33H33ClN6O3S. The van der Waals surface area contributed by atoms with Crippen LogP contribution in [0.5, 0.6) is 0 Å². The zero-order valence-electron chi connectivity index (χ0n) is 24.9. The highest BCUT2D eigenvalue weighted by molar-refractivity contribution is 7.22. The lowest BCUT2D eigenvalue weighted by Crippen LogP contribution is -2.61. The number of carbonyl (C=O) groups excluding carboxylic acids is 1. The van der Waals surface area contributed by atoms with Crippen LogP contribution in [0.25, 0.3) is 43.1 Å². The molecule has 0 radical (unpaired) electrons. The van der Waals surface area contributed by atoms with Gasteiger partial charge in [0.05, 0.1) is 33.5 Å². The standard InChI is InChI=1S/C33H33ClN6O3S/c1-18-14-26-32(29(24(18)15-28(42)43)20-4-6-22(34)7-5-20)44-33(36-26)25-8-9-27-31(35-25)30(37-38(27)3)21-10-12-39(13-11-21)23-16-40(17-23)19(2)41/h4-9,14,21,23H,10-13,15-17H2,1-3H3,(H,42,43). The van der Waals surface area contributed by atoms with Gasteiger partial charge in [-0.05, 0) is 79.9 Å². The van der Waals surface area contributed by atoms with Crippen LogP contribution in [-0.2, 0) is 23.1 Å². The predicted molar refractivity (Wildman–Crippen MR) is 173 cm³/mol. The van der Waals surface area contributed by atoms with Crippen LogP contribution in [0, 0.1) is 6.92 Å². The molecular weight excluding hydrogens is 596 g/mol. The average molecular weight is 629 g/mol. The maximum atomic E-state index is 11.8. The highest BCUT2D eigenvalue weighted by Gasteiger charge is 2.36. The summed E-state index contributed by atoms with van der Waals surface area (Å²) >= 11 is 7.72. The number of carboxylic acid groups (broad SMARTS) is 1. The number of amides is 1. The van der Waals surface area contributed by atoms with Gasteiger partial charge in [-0.2, -0.15) is 5.10 Å². The Bertz CT molecular complexity index is 1920. The van der Waals surface area contributed by atoms with Crippen LogP contribution < -0.4 is 0 Å². The number of fused-ring (bicyclic) bond motifs is 2. The maximum Gasteiger partial charge on any atom is 0.307 e. The number of benzene rings is 2. The lowest BCUT2D eigenvalue weighted by molar-refractivity contribution is -0.137. The Labute approximate surface area is 264 Å². The van der Waals surface area contributed by atoms with Crippen molar-refractivity contribution in [2.24, 2.45) is 7.05 Å². The minimum Gasteiger partial charge on any atom is -0.481 e. The number of carboxylic acids is 1. The van der Waals surface area contributed by atoms with E-state index in [2.05, 4.69) is 11.0 Å². The van der Waals surface area contributed by atoms with E-state index in [1.807, 2.05) is 60.0 Å². The number of rotatable bonds is 6. The molecule has 226 valence electrons. The van der Waals surface area contributed by atoms with Gasteiger partial charge in [-0.1, -0.05) is 23.7 Å². The number of likely N-dealkylation sites (tertiary alicyclic amines) is 2. The molecule has 0 saturated carbocycles. The van der Waals surface area contributed by atoms with Crippen molar-refractivity contribution < 1.29 is 14.7 Å². The molecule has 2 saturated heterocycles. The number of aryl methyl sites for hydroxylation is 2. The number of aromatic nitrogens is 4. The second-order valence-corrected chi connectivity index (χ2v) is 13.4. The van der Waals surface area contributed by atoms with E-state index in [9.17, 15) is 14.7 Å². The van der Waals surface area contributed by atoms with E-state index in [0.717, 1.165) is 98.9 Å². The molecule has 0 aliphatic carbocycles. The van der Waals surface area contributed by atoms with E-state index in [1.54, 1.807) is 6.92 Å². The first-order valence-corrected chi connectivity index (χ1v) is 16.1. The molecule has 11 heteroatoms. The Balaban J connectivity index is 1.23. The first-order chi connectivity index (χ1) is 21.2. The molecule has 0 bridgehead atoms. The van der Waals surface area contributed by atoms with Gasteiger partial charge in [-0.3, -0.25) is 19.2 Å². The molecule has 0 spiro atoms. The number of piperidine rings is 1. The maximum absolute atomic E-state index is 11.8. The highest BCUT2D eigenvalue weighted by Crippen LogP contribution is 2.41. The van der Waals surface area contributed by atoms with Crippen LogP contribution in [-0.4, -0.2) is 78.8 Å². The van der Waals surface area contributed by atoms with Crippen molar-refractivity contribution in [3.05, 3.63) is 64.3 Å². The molecule has 5 aromatic rings. The van der Waals surface area contributed by atoms with Crippen molar-refractivity contribution in [1.82, 2.24) is 29.5 Å². The first-order valence-electron chi connectivity index (χ1n) is 14.9. The van der Waals surface area contributed by atoms with Crippen LogP contribution >= 0.6 is 22.9 Å². The second kappa shape index (κ2) is 11.3. The monoisotopic (exact) mass is 628 g/mol. The molecule has 2 aliphatic heterocycles. The van der Waals surface area contributed by atoms with E-state index < -0.39 is 5.97 Å². The third kappa shape index (κ3) is 5.14. The summed E-state index contributed by atoms with van der Waals surface area (Å²) in [5.41, 5.74) is 8.00. The molecule has 2 aromatic carbocycles. The first kappa shape index (κ1) is 28.9. The molecule has 2 fully saturated rings. The van der Waals surface area contributed by atoms with Gasteiger partial charge in [-0.15, -0.1) is 11.3 Å². The Kier molecular flexibility index (Phi) is 7.39. The minimum atomic E-state index is -0.875. The molecule has 3 aromatic heterocycles. The summed E-state index contributed by atoms with van der Waals surface area (Å²) in [6.07, 6.45) is 1.93. The van der Waals surface area contributed by atoms with Crippen molar-refractivity contribution in [1.29, 1.82) is 0 Å². The Morgan fingerprint density at radius 2 is 1.80 bits per heavy atom. The van der Waals surface area contributed by atoms with Crippen LogP contribution in [0.1, 0.15) is 42.5 Å². The molecule has 5 heterocycles. The summed E-state index contributed by atoms with van der Waals surface area (Å²) in [4.78, 5) is 38.0. The summed E-state index contributed by atoms with van der Waals surface area (Å²) in [6.45, 7) is 7.22. The number of hydrogen-bond acceptors (Lipinski definition) is 7. The van der Waals surface area contributed by atoms with Gasteiger partial charge in [0.15, 0.2) is 0 Å². The largest absolute Gasteiger partial charge is 0.481 e. The topological polar surface area (TPSA) is 104 Å². The van der Waals surface area contributed by atoms with Gasteiger partial charge in [0.2, 0.25) is 5.91 Å². The number of thiazole rings is 1. The van der Waals surface area contributed by atoms with Gasteiger partial charge in [0, 0.05) is 49.6 Å². The van der Waals surface area contributed by atoms with Crippen molar-refractivity contribution in [2.45, 2.75) is 45.1 Å². The zero-order valence-corrected chi connectivity index (χ0v) is 26.5. The number of aliphatic carboxylic acids is 1. The molecule has 1 amide bonds. The van der Waals surface area contributed by atoms with Gasteiger partial charge < -0.3 is 10.0 Å². The Morgan fingerprint density at radius 3 is 2.48 bits per heavy atom. The molecule has 9 nitrogen and oxygen atoms in total. The van der Waals surface area contributed by atoms with E-state index in [0.29, 0.717) is 17.0 Å². The van der Waals surface area contributed by atoms with Crippen LogP contribution in [0.15, 0.2) is 42.5 Å².